The molecule has 1 amide bonds. The van der Waals surface area contributed by atoms with Gasteiger partial charge in [-0.2, -0.15) is 0 Å². The molecule has 2 saturated heterocycles. The molecule has 0 radical (unpaired) electrons. The highest BCUT2D eigenvalue weighted by Crippen LogP contribution is 2.12. The van der Waals surface area contributed by atoms with Crippen LogP contribution < -0.4 is 10.6 Å². The zero-order chi connectivity index (χ0) is 12.4. The first kappa shape index (κ1) is 12.8. The second kappa shape index (κ2) is 5.33. The van der Waals surface area contributed by atoms with Gasteiger partial charge in [0.15, 0.2) is 0 Å². The summed E-state index contributed by atoms with van der Waals surface area (Å²) in [6.07, 6.45) is 0.274. The summed E-state index contributed by atoms with van der Waals surface area (Å²) in [5, 5.41) is 6.63. The first-order valence-electron chi connectivity index (χ1n) is 6.47. The predicted octanol–water partition coefficient (Wildman–Crippen LogP) is -0.428. The molecular weight excluding hydrogens is 218 g/mol. The maximum Gasteiger partial charge on any atom is 0.241 e. The molecule has 0 aromatic heterocycles. The van der Waals surface area contributed by atoms with Gasteiger partial charge in [0.25, 0.3) is 0 Å². The third-order valence-corrected chi connectivity index (χ3v) is 3.37. The maximum absolute atomic E-state index is 12.3. The summed E-state index contributed by atoms with van der Waals surface area (Å²) in [6.45, 7) is 9.14. The SMILES string of the molecule is CC1CNC(C(=O)N2CC(C)OC(C)C2)CN1. The van der Waals surface area contributed by atoms with E-state index in [1.54, 1.807) is 0 Å². The smallest absolute Gasteiger partial charge is 0.241 e. The Balaban J connectivity index is 1.90. The first-order valence-corrected chi connectivity index (χ1v) is 6.47. The van der Waals surface area contributed by atoms with Crippen LogP contribution in [0, 0.1) is 0 Å². The van der Waals surface area contributed by atoms with E-state index < -0.39 is 0 Å². The minimum atomic E-state index is -0.0799. The van der Waals surface area contributed by atoms with Crippen molar-refractivity contribution in [3.05, 3.63) is 0 Å². The van der Waals surface area contributed by atoms with Gasteiger partial charge in [0.1, 0.15) is 0 Å². The van der Waals surface area contributed by atoms with Gasteiger partial charge in [0.05, 0.1) is 18.2 Å². The van der Waals surface area contributed by atoms with Crippen molar-refractivity contribution in [2.24, 2.45) is 0 Å². The molecule has 98 valence electrons. The van der Waals surface area contributed by atoms with Gasteiger partial charge in [-0.25, -0.2) is 0 Å². The molecular formula is C12H23N3O2. The zero-order valence-corrected chi connectivity index (χ0v) is 10.9. The number of nitrogens with one attached hydrogen (secondary N) is 2. The normalized spacial score (nSPS) is 39.1. The van der Waals surface area contributed by atoms with Gasteiger partial charge >= 0.3 is 0 Å². The van der Waals surface area contributed by atoms with Gasteiger partial charge in [-0.05, 0) is 20.8 Å². The van der Waals surface area contributed by atoms with Crippen molar-refractivity contribution < 1.29 is 9.53 Å². The monoisotopic (exact) mass is 241 g/mol. The topological polar surface area (TPSA) is 53.6 Å². The molecule has 0 saturated carbocycles. The van der Waals surface area contributed by atoms with E-state index in [2.05, 4.69) is 17.6 Å². The number of hydrogen-bond acceptors (Lipinski definition) is 4. The number of rotatable bonds is 1. The zero-order valence-electron chi connectivity index (χ0n) is 10.9. The van der Waals surface area contributed by atoms with Gasteiger partial charge in [-0.15, -0.1) is 0 Å². The number of amides is 1. The van der Waals surface area contributed by atoms with Crippen LogP contribution in [0.25, 0.3) is 0 Å². The van der Waals surface area contributed by atoms with Crippen LogP contribution >= 0.6 is 0 Å². The maximum atomic E-state index is 12.3. The first-order chi connectivity index (χ1) is 8.06. The summed E-state index contributed by atoms with van der Waals surface area (Å²) < 4.78 is 5.64. The summed E-state index contributed by atoms with van der Waals surface area (Å²) in [5.41, 5.74) is 0. The number of nitrogens with zero attached hydrogens (tertiary/aromatic N) is 1. The lowest BCUT2D eigenvalue weighted by molar-refractivity contribution is -0.145. The largest absolute Gasteiger partial charge is 0.372 e. The van der Waals surface area contributed by atoms with Crippen LogP contribution in [0.5, 0.6) is 0 Å². The Bertz CT molecular complexity index is 267. The van der Waals surface area contributed by atoms with Crippen molar-refractivity contribution >= 4 is 5.91 Å². The number of carbonyl (C=O) groups excluding carboxylic acids is 1. The van der Waals surface area contributed by atoms with E-state index in [0.29, 0.717) is 19.1 Å². The molecule has 0 aromatic rings. The fourth-order valence-electron chi connectivity index (χ4n) is 2.54. The third-order valence-electron chi connectivity index (χ3n) is 3.37. The molecule has 5 nitrogen and oxygen atoms in total. The molecule has 0 aromatic carbocycles. The molecule has 0 spiro atoms. The third kappa shape index (κ3) is 3.18. The average Bonchev–Trinajstić information content (AvgIpc) is 2.28. The quantitative estimate of drug-likeness (QED) is 0.654. The molecule has 2 N–H and O–H groups in total. The lowest BCUT2D eigenvalue weighted by Gasteiger charge is -2.38. The Morgan fingerprint density at radius 2 is 1.76 bits per heavy atom. The number of piperazine rings is 1. The number of morpholine rings is 1. The lowest BCUT2D eigenvalue weighted by atomic mass is 10.1. The van der Waals surface area contributed by atoms with Crippen molar-refractivity contribution in [2.45, 2.75) is 45.1 Å². The van der Waals surface area contributed by atoms with Crippen LogP contribution in [0.2, 0.25) is 0 Å². The summed E-state index contributed by atoms with van der Waals surface area (Å²) in [5.74, 6) is 0.200. The minimum absolute atomic E-state index is 0.0799. The van der Waals surface area contributed by atoms with E-state index in [9.17, 15) is 4.79 Å². The number of ether oxygens (including phenoxy) is 1. The van der Waals surface area contributed by atoms with Crippen molar-refractivity contribution in [1.82, 2.24) is 15.5 Å². The van der Waals surface area contributed by atoms with Crippen molar-refractivity contribution in [1.29, 1.82) is 0 Å². The fourth-order valence-corrected chi connectivity index (χ4v) is 2.54. The minimum Gasteiger partial charge on any atom is -0.372 e. The molecule has 17 heavy (non-hydrogen) atoms. The summed E-state index contributed by atoms with van der Waals surface area (Å²) in [6, 6.07) is 0.366. The Labute approximate surface area is 103 Å². The molecule has 2 fully saturated rings. The van der Waals surface area contributed by atoms with E-state index in [-0.39, 0.29) is 24.2 Å². The summed E-state index contributed by atoms with van der Waals surface area (Å²) in [7, 11) is 0. The molecule has 5 heteroatoms. The Morgan fingerprint density at radius 3 is 2.29 bits per heavy atom. The van der Waals surface area contributed by atoms with Gasteiger partial charge in [0.2, 0.25) is 5.91 Å². The molecule has 2 heterocycles. The van der Waals surface area contributed by atoms with Gasteiger partial charge in [-0.3, -0.25) is 4.79 Å². The molecule has 2 rings (SSSR count). The van der Waals surface area contributed by atoms with Crippen molar-refractivity contribution in [2.75, 3.05) is 26.2 Å². The second-order valence-corrected chi connectivity index (χ2v) is 5.27. The van der Waals surface area contributed by atoms with Crippen LogP contribution in [-0.4, -0.2) is 61.3 Å². The Kier molecular flexibility index (Phi) is 4.01. The van der Waals surface area contributed by atoms with Crippen molar-refractivity contribution in [3.63, 3.8) is 0 Å². The number of hydrogen-bond donors (Lipinski definition) is 2. The van der Waals surface area contributed by atoms with Crippen LogP contribution in [0.1, 0.15) is 20.8 Å². The van der Waals surface area contributed by atoms with Crippen LogP contribution in [0.3, 0.4) is 0 Å². The Morgan fingerprint density at radius 1 is 1.12 bits per heavy atom. The van der Waals surface area contributed by atoms with Gasteiger partial charge < -0.3 is 20.3 Å². The molecule has 0 aliphatic carbocycles. The average molecular weight is 241 g/mol. The number of carbonyl (C=O) groups is 1. The van der Waals surface area contributed by atoms with Crippen LogP contribution in [-0.2, 0) is 9.53 Å². The summed E-state index contributed by atoms with van der Waals surface area (Å²) >= 11 is 0. The van der Waals surface area contributed by atoms with E-state index in [0.717, 1.165) is 13.1 Å². The summed E-state index contributed by atoms with van der Waals surface area (Å²) in [4.78, 5) is 14.2. The second-order valence-electron chi connectivity index (χ2n) is 5.27. The highest BCUT2D eigenvalue weighted by Gasteiger charge is 2.31. The molecule has 0 bridgehead atoms. The molecule has 2 aliphatic rings. The predicted molar refractivity (Wildman–Crippen MR) is 65.8 cm³/mol. The van der Waals surface area contributed by atoms with Gasteiger partial charge in [-0.1, -0.05) is 0 Å². The Hall–Kier alpha value is -0.650. The standard InChI is InChI=1S/C12H23N3O2/c1-8-4-14-11(5-13-8)12(16)15-6-9(2)17-10(3)7-15/h8-11,13-14H,4-7H2,1-3H3. The van der Waals surface area contributed by atoms with Crippen molar-refractivity contribution in [3.8, 4) is 0 Å². The lowest BCUT2D eigenvalue weighted by Crippen LogP contribution is -2.61. The fraction of sp³-hybridized carbons (Fsp3) is 0.917. The van der Waals surface area contributed by atoms with Gasteiger partial charge in [0, 0.05) is 32.2 Å². The molecule has 4 unspecified atom stereocenters. The van der Waals surface area contributed by atoms with E-state index in [1.165, 1.54) is 0 Å². The highest BCUT2D eigenvalue weighted by atomic mass is 16.5. The van der Waals surface area contributed by atoms with E-state index in [1.807, 2.05) is 18.7 Å². The highest BCUT2D eigenvalue weighted by molar-refractivity contribution is 5.82. The molecule has 2 aliphatic heterocycles. The van der Waals surface area contributed by atoms with Crippen LogP contribution in [0.4, 0.5) is 0 Å². The van der Waals surface area contributed by atoms with E-state index >= 15 is 0 Å². The van der Waals surface area contributed by atoms with E-state index in [4.69, 9.17) is 4.74 Å². The van der Waals surface area contributed by atoms with Crippen LogP contribution in [0.15, 0.2) is 0 Å². The molecule has 4 atom stereocenters.